The minimum absolute atomic E-state index is 0.152. The molecule has 196 valence electrons. The van der Waals surface area contributed by atoms with Crippen molar-refractivity contribution in [1.29, 1.82) is 0 Å². The van der Waals surface area contributed by atoms with Crippen LogP contribution in [0.4, 0.5) is 5.69 Å². The predicted octanol–water partition coefficient (Wildman–Crippen LogP) is 5.13. The summed E-state index contributed by atoms with van der Waals surface area (Å²) in [5.41, 5.74) is 2.96. The summed E-state index contributed by atoms with van der Waals surface area (Å²) < 4.78 is 40.5. The molecule has 1 aliphatic rings. The number of hydrogen-bond acceptors (Lipinski definition) is 5. The van der Waals surface area contributed by atoms with Crippen LogP contribution in [-0.2, 0) is 20.2 Å². The fourth-order valence-electron chi connectivity index (χ4n) is 4.33. The van der Waals surface area contributed by atoms with E-state index < -0.39 is 22.0 Å². The van der Waals surface area contributed by atoms with Crippen molar-refractivity contribution in [2.45, 2.75) is 57.1 Å². The Hall–Kier alpha value is -3.52. The van der Waals surface area contributed by atoms with Gasteiger partial charge in [0.1, 0.15) is 11.5 Å². The zero-order valence-corrected chi connectivity index (χ0v) is 22.9. The Bertz CT molecular complexity index is 1390. The third-order valence-corrected chi connectivity index (χ3v) is 8.35. The van der Waals surface area contributed by atoms with E-state index in [2.05, 4.69) is 26.1 Å². The first-order valence-corrected chi connectivity index (χ1v) is 13.7. The van der Waals surface area contributed by atoms with E-state index in [1.165, 1.54) is 4.31 Å². The van der Waals surface area contributed by atoms with Crippen LogP contribution >= 0.6 is 0 Å². The van der Waals surface area contributed by atoms with Gasteiger partial charge in [0, 0.05) is 5.56 Å². The van der Waals surface area contributed by atoms with Crippen molar-refractivity contribution >= 4 is 21.6 Å². The number of anilines is 1. The van der Waals surface area contributed by atoms with E-state index >= 15 is 0 Å². The molecule has 0 spiro atoms. The number of benzene rings is 3. The van der Waals surface area contributed by atoms with E-state index in [1.54, 1.807) is 37.4 Å². The number of hydrogen-bond donors (Lipinski definition) is 1. The predicted molar refractivity (Wildman–Crippen MR) is 145 cm³/mol. The largest absolute Gasteiger partial charge is 0.496 e. The molecule has 37 heavy (non-hydrogen) atoms. The molecule has 0 saturated heterocycles. The van der Waals surface area contributed by atoms with Crippen LogP contribution in [0.2, 0.25) is 0 Å². The van der Waals surface area contributed by atoms with Crippen LogP contribution in [0, 0.1) is 6.92 Å². The van der Waals surface area contributed by atoms with Gasteiger partial charge < -0.3 is 14.8 Å². The van der Waals surface area contributed by atoms with Gasteiger partial charge in [-0.05, 0) is 55.2 Å². The third kappa shape index (κ3) is 5.44. The number of nitrogens with one attached hydrogen (secondary N) is 1. The van der Waals surface area contributed by atoms with Gasteiger partial charge in [-0.15, -0.1) is 0 Å². The Morgan fingerprint density at radius 2 is 1.76 bits per heavy atom. The van der Waals surface area contributed by atoms with Crippen LogP contribution in [-0.4, -0.2) is 34.1 Å². The van der Waals surface area contributed by atoms with E-state index in [1.807, 2.05) is 50.2 Å². The zero-order valence-electron chi connectivity index (χ0n) is 22.1. The Morgan fingerprint density at radius 3 is 2.41 bits per heavy atom. The first kappa shape index (κ1) is 26.5. The number of methoxy groups -OCH3 is 1. The molecule has 0 aliphatic carbocycles. The molecule has 8 heteroatoms. The van der Waals surface area contributed by atoms with E-state index in [4.69, 9.17) is 9.47 Å². The second kappa shape index (κ2) is 10.1. The van der Waals surface area contributed by atoms with Crippen LogP contribution in [0.15, 0.2) is 71.6 Å². The molecular weight excluding hydrogens is 488 g/mol. The summed E-state index contributed by atoms with van der Waals surface area (Å²) in [4.78, 5) is 13.5. The molecule has 0 bridgehead atoms. The summed E-state index contributed by atoms with van der Waals surface area (Å²) in [5, 5.41) is 2.96. The van der Waals surface area contributed by atoms with Gasteiger partial charge >= 0.3 is 0 Å². The molecule has 1 heterocycles. The Morgan fingerprint density at radius 1 is 1.08 bits per heavy atom. The van der Waals surface area contributed by atoms with Crippen LogP contribution in [0.25, 0.3) is 0 Å². The van der Waals surface area contributed by atoms with Gasteiger partial charge in [0.25, 0.3) is 15.9 Å². The molecule has 1 N–H and O–H groups in total. The molecule has 3 aromatic rings. The fraction of sp³-hybridized carbons (Fsp3) is 0.345. The van der Waals surface area contributed by atoms with E-state index in [-0.39, 0.29) is 22.9 Å². The topological polar surface area (TPSA) is 84.9 Å². The highest BCUT2D eigenvalue weighted by Gasteiger charge is 2.38. The molecule has 0 unspecified atom stereocenters. The quantitative estimate of drug-likeness (QED) is 0.485. The van der Waals surface area contributed by atoms with Gasteiger partial charge in [-0.3, -0.25) is 9.10 Å². The molecule has 7 nitrogen and oxygen atoms in total. The fourth-order valence-corrected chi connectivity index (χ4v) is 5.80. The Labute approximate surface area is 219 Å². The zero-order chi connectivity index (χ0) is 27.0. The first-order valence-electron chi connectivity index (χ1n) is 12.3. The third-order valence-electron chi connectivity index (χ3n) is 6.56. The van der Waals surface area contributed by atoms with Crippen molar-refractivity contribution in [2.24, 2.45) is 0 Å². The molecule has 3 aromatic carbocycles. The number of ether oxygens (including phenoxy) is 2. The van der Waals surface area contributed by atoms with E-state index in [0.717, 1.165) is 16.7 Å². The maximum Gasteiger partial charge on any atom is 0.264 e. The lowest BCUT2D eigenvalue weighted by Crippen LogP contribution is -2.51. The van der Waals surface area contributed by atoms with Gasteiger partial charge in [0.05, 0.1) is 30.3 Å². The van der Waals surface area contributed by atoms with Gasteiger partial charge in [-0.2, -0.15) is 0 Å². The van der Waals surface area contributed by atoms with Crippen LogP contribution in [0.1, 0.15) is 50.4 Å². The standard InChI is InChI=1S/C29H34N2O5S/c1-19-11-14-22(15-12-19)37(33,34)31-18-27(36-26-16-13-21(17-24(26)31)29(3,4)5)28(32)30-20(2)23-9-7-8-10-25(23)35-6/h7-17,20,27H,18H2,1-6H3,(H,30,32)/t20-,27-/m0/s1. The lowest BCUT2D eigenvalue weighted by molar-refractivity contribution is -0.128. The van der Waals surface area contributed by atoms with E-state index in [0.29, 0.717) is 17.2 Å². The van der Waals surface area contributed by atoms with Crippen LogP contribution in [0.5, 0.6) is 11.5 Å². The summed E-state index contributed by atoms with van der Waals surface area (Å²) in [6.45, 7) is 9.79. The average molecular weight is 523 g/mol. The van der Waals surface area contributed by atoms with Crippen molar-refractivity contribution in [3.05, 3.63) is 83.4 Å². The molecule has 4 rings (SSSR count). The highest BCUT2D eigenvalue weighted by molar-refractivity contribution is 7.92. The molecule has 0 aromatic heterocycles. The number of nitrogens with zero attached hydrogens (tertiary/aromatic N) is 1. The number of aryl methyl sites for hydroxylation is 1. The number of para-hydroxylation sites is 1. The molecule has 0 fully saturated rings. The lowest BCUT2D eigenvalue weighted by Gasteiger charge is -2.36. The normalized spacial score (nSPS) is 16.4. The highest BCUT2D eigenvalue weighted by atomic mass is 32.2. The number of sulfonamides is 1. The summed E-state index contributed by atoms with van der Waals surface area (Å²) in [6.07, 6.45) is -1.04. The minimum Gasteiger partial charge on any atom is -0.496 e. The molecule has 2 atom stereocenters. The lowest BCUT2D eigenvalue weighted by atomic mass is 9.86. The van der Waals surface area contributed by atoms with Crippen LogP contribution < -0.4 is 19.1 Å². The molecule has 1 amide bonds. The van der Waals surface area contributed by atoms with Gasteiger partial charge in [-0.1, -0.05) is 62.7 Å². The summed E-state index contributed by atoms with van der Waals surface area (Å²) in [6, 6.07) is 19.3. The molecule has 0 saturated carbocycles. The second-order valence-corrected chi connectivity index (χ2v) is 12.2. The smallest absolute Gasteiger partial charge is 0.264 e. The number of carbonyl (C=O) groups is 1. The van der Waals surface area contributed by atoms with Crippen molar-refractivity contribution in [3.63, 3.8) is 0 Å². The molecule has 1 aliphatic heterocycles. The SMILES string of the molecule is COc1ccccc1[C@H](C)NC(=O)[C@@H]1CN(S(=O)(=O)c2ccc(C)cc2)c2cc(C(C)(C)C)ccc2O1. The maximum atomic E-state index is 13.8. The summed E-state index contributed by atoms with van der Waals surface area (Å²) in [7, 11) is -2.38. The van der Waals surface area contributed by atoms with Crippen molar-refractivity contribution in [2.75, 3.05) is 18.0 Å². The molecular formula is C29H34N2O5S. The Kier molecular flexibility index (Phi) is 7.24. The van der Waals surface area contributed by atoms with Crippen LogP contribution in [0.3, 0.4) is 0 Å². The highest BCUT2D eigenvalue weighted by Crippen LogP contribution is 2.40. The average Bonchev–Trinajstić information content (AvgIpc) is 2.87. The van der Waals surface area contributed by atoms with Gasteiger partial charge in [0.2, 0.25) is 0 Å². The number of fused-ring (bicyclic) bond motifs is 1. The van der Waals surface area contributed by atoms with Crippen molar-refractivity contribution < 1.29 is 22.7 Å². The number of rotatable bonds is 6. The Balaban J connectivity index is 1.70. The van der Waals surface area contributed by atoms with Crippen molar-refractivity contribution in [1.82, 2.24) is 5.32 Å². The maximum absolute atomic E-state index is 13.8. The van der Waals surface area contributed by atoms with Gasteiger partial charge in [-0.25, -0.2) is 8.42 Å². The number of amides is 1. The van der Waals surface area contributed by atoms with Crippen molar-refractivity contribution in [3.8, 4) is 11.5 Å². The summed E-state index contributed by atoms with van der Waals surface area (Å²) in [5.74, 6) is 0.594. The van der Waals surface area contributed by atoms with E-state index in [9.17, 15) is 13.2 Å². The number of carbonyl (C=O) groups excluding carboxylic acids is 1. The van der Waals surface area contributed by atoms with Gasteiger partial charge in [0.15, 0.2) is 6.10 Å². The summed E-state index contributed by atoms with van der Waals surface area (Å²) >= 11 is 0. The minimum atomic E-state index is -3.96. The second-order valence-electron chi connectivity index (χ2n) is 10.4. The first-order chi connectivity index (χ1) is 17.4. The monoisotopic (exact) mass is 522 g/mol. The molecule has 0 radical (unpaired) electrons.